The second-order valence-corrected chi connectivity index (χ2v) is 4.74. The van der Waals surface area contributed by atoms with Gasteiger partial charge < -0.3 is 4.90 Å². The van der Waals surface area contributed by atoms with E-state index in [2.05, 4.69) is 19.9 Å². The summed E-state index contributed by atoms with van der Waals surface area (Å²) in [4.78, 5) is 14.1. The predicted molar refractivity (Wildman–Crippen MR) is 75.8 cm³/mol. The Bertz CT molecular complexity index is 562. The molecule has 1 unspecified atom stereocenters. The minimum atomic E-state index is 0.0927. The Hall–Kier alpha value is -1.83. The van der Waals surface area contributed by atoms with Crippen LogP contribution in [0.25, 0.3) is 10.8 Å². The van der Waals surface area contributed by atoms with Crippen molar-refractivity contribution in [1.82, 2.24) is 4.90 Å². The fourth-order valence-electron chi connectivity index (χ4n) is 2.00. The van der Waals surface area contributed by atoms with E-state index < -0.39 is 0 Å². The number of hydrogen-bond donors (Lipinski definition) is 0. The molecule has 0 heterocycles. The van der Waals surface area contributed by atoms with E-state index in [0.717, 1.165) is 17.4 Å². The van der Waals surface area contributed by atoms with Crippen molar-refractivity contribution in [2.24, 2.45) is 0 Å². The van der Waals surface area contributed by atoms with E-state index in [4.69, 9.17) is 0 Å². The maximum absolute atomic E-state index is 12.3. The summed E-state index contributed by atoms with van der Waals surface area (Å²) in [5.74, 6) is 0.0927. The zero-order valence-electron chi connectivity index (χ0n) is 11.2. The zero-order chi connectivity index (χ0) is 13.1. The number of carbonyl (C=O) groups is 1. The van der Waals surface area contributed by atoms with Crippen LogP contribution in [0.2, 0.25) is 0 Å². The van der Waals surface area contributed by atoms with Gasteiger partial charge in [0.15, 0.2) is 0 Å². The first kappa shape index (κ1) is 12.6. The van der Waals surface area contributed by atoms with E-state index in [1.54, 1.807) is 0 Å². The van der Waals surface area contributed by atoms with Gasteiger partial charge in [0.25, 0.3) is 5.91 Å². The van der Waals surface area contributed by atoms with Crippen LogP contribution >= 0.6 is 0 Å². The van der Waals surface area contributed by atoms with Gasteiger partial charge in [0, 0.05) is 18.7 Å². The lowest BCUT2D eigenvalue weighted by molar-refractivity contribution is 0.0740. The molecule has 0 fully saturated rings. The average Bonchev–Trinajstić information content (AvgIpc) is 2.44. The van der Waals surface area contributed by atoms with Crippen LogP contribution in [0.1, 0.15) is 30.6 Å². The summed E-state index contributed by atoms with van der Waals surface area (Å²) in [5, 5.41) is 2.28. The van der Waals surface area contributed by atoms with Gasteiger partial charge in [0.1, 0.15) is 0 Å². The minimum absolute atomic E-state index is 0.0927. The third-order valence-electron chi connectivity index (χ3n) is 3.57. The maximum Gasteiger partial charge on any atom is 0.253 e. The van der Waals surface area contributed by atoms with Gasteiger partial charge in [-0.1, -0.05) is 37.3 Å². The van der Waals surface area contributed by atoms with Crippen molar-refractivity contribution in [3.63, 3.8) is 0 Å². The lowest BCUT2D eigenvalue weighted by Crippen LogP contribution is -2.34. The third kappa shape index (κ3) is 2.37. The van der Waals surface area contributed by atoms with E-state index in [9.17, 15) is 4.79 Å². The molecule has 0 N–H and O–H groups in total. The van der Waals surface area contributed by atoms with E-state index in [1.807, 2.05) is 48.3 Å². The molecule has 0 radical (unpaired) electrons. The molecule has 1 atom stereocenters. The van der Waals surface area contributed by atoms with Gasteiger partial charge in [-0.2, -0.15) is 0 Å². The first-order valence-electron chi connectivity index (χ1n) is 6.39. The Kier molecular flexibility index (Phi) is 3.66. The van der Waals surface area contributed by atoms with Gasteiger partial charge in [0.05, 0.1) is 0 Å². The summed E-state index contributed by atoms with van der Waals surface area (Å²) < 4.78 is 0. The van der Waals surface area contributed by atoms with Crippen LogP contribution in [0.3, 0.4) is 0 Å². The molecule has 2 aromatic rings. The molecule has 0 spiro atoms. The number of fused-ring (bicyclic) bond motifs is 1. The van der Waals surface area contributed by atoms with E-state index in [1.165, 1.54) is 5.39 Å². The van der Waals surface area contributed by atoms with Gasteiger partial charge in [-0.05, 0) is 36.2 Å². The maximum atomic E-state index is 12.3. The largest absolute Gasteiger partial charge is 0.339 e. The van der Waals surface area contributed by atoms with Gasteiger partial charge in [-0.15, -0.1) is 0 Å². The normalized spacial score (nSPS) is 12.4. The highest BCUT2D eigenvalue weighted by atomic mass is 16.2. The van der Waals surface area contributed by atoms with Crippen LogP contribution < -0.4 is 0 Å². The molecule has 1 amide bonds. The molecule has 18 heavy (non-hydrogen) atoms. The highest BCUT2D eigenvalue weighted by Gasteiger charge is 2.16. The summed E-state index contributed by atoms with van der Waals surface area (Å²) in [7, 11) is 1.87. The molecule has 2 nitrogen and oxygen atoms in total. The SMILES string of the molecule is CCC(C)N(C)C(=O)c1ccc2ccccc2c1. The van der Waals surface area contributed by atoms with Crippen molar-refractivity contribution in [3.8, 4) is 0 Å². The molecule has 0 bridgehead atoms. The Morgan fingerprint density at radius 2 is 1.83 bits per heavy atom. The van der Waals surface area contributed by atoms with Crippen LogP contribution in [0.4, 0.5) is 0 Å². The van der Waals surface area contributed by atoms with Crippen LogP contribution in [0, 0.1) is 0 Å². The van der Waals surface area contributed by atoms with Crippen molar-refractivity contribution in [1.29, 1.82) is 0 Å². The molecule has 2 aromatic carbocycles. The number of carbonyl (C=O) groups excluding carboxylic acids is 1. The van der Waals surface area contributed by atoms with Crippen LogP contribution in [-0.4, -0.2) is 23.9 Å². The van der Waals surface area contributed by atoms with Gasteiger partial charge in [-0.3, -0.25) is 4.79 Å². The van der Waals surface area contributed by atoms with Crippen LogP contribution in [-0.2, 0) is 0 Å². The molecule has 0 saturated heterocycles. The molecule has 0 aliphatic heterocycles. The summed E-state index contributed by atoms with van der Waals surface area (Å²) in [6.07, 6.45) is 0.968. The quantitative estimate of drug-likeness (QED) is 0.802. The second-order valence-electron chi connectivity index (χ2n) is 4.74. The predicted octanol–water partition coefficient (Wildman–Crippen LogP) is 3.71. The monoisotopic (exact) mass is 241 g/mol. The summed E-state index contributed by atoms with van der Waals surface area (Å²) in [5.41, 5.74) is 0.761. The number of nitrogens with zero attached hydrogens (tertiary/aromatic N) is 1. The van der Waals surface area contributed by atoms with Crippen molar-refractivity contribution in [2.75, 3.05) is 7.05 Å². The summed E-state index contributed by atoms with van der Waals surface area (Å²) >= 11 is 0. The van der Waals surface area contributed by atoms with E-state index in [0.29, 0.717) is 0 Å². The highest BCUT2D eigenvalue weighted by Crippen LogP contribution is 2.17. The number of benzene rings is 2. The Balaban J connectivity index is 2.33. The second kappa shape index (κ2) is 5.21. The van der Waals surface area contributed by atoms with Crippen molar-refractivity contribution < 1.29 is 4.79 Å². The molecule has 0 aliphatic rings. The number of rotatable bonds is 3. The standard InChI is InChI=1S/C16H19NO/c1-4-12(2)17(3)16(18)15-10-9-13-7-5-6-8-14(13)11-15/h5-12H,4H2,1-3H3. The lowest BCUT2D eigenvalue weighted by atomic mass is 10.1. The fourth-order valence-corrected chi connectivity index (χ4v) is 2.00. The van der Waals surface area contributed by atoms with Crippen molar-refractivity contribution in [3.05, 3.63) is 48.0 Å². The van der Waals surface area contributed by atoms with Gasteiger partial charge >= 0.3 is 0 Å². The zero-order valence-corrected chi connectivity index (χ0v) is 11.2. The first-order chi connectivity index (χ1) is 8.63. The molecule has 94 valence electrons. The third-order valence-corrected chi connectivity index (χ3v) is 3.57. The topological polar surface area (TPSA) is 20.3 Å². The van der Waals surface area contributed by atoms with Gasteiger partial charge in [0.2, 0.25) is 0 Å². The minimum Gasteiger partial charge on any atom is -0.339 e. The molecule has 0 aromatic heterocycles. The smallest absolute Gasteiger partial charge is 0.253 e. The summed E-state index contributed by atoms with van der Waals surface area (Å²) in [6.45, 7) is 4.16. The number of hydrogen-bond acceptors (Lipinski definition) is 1. The highest BCUT2D eigenvalue weighted by molar-refractivity contribution is 5.98. The first-order valence-corrected chi connectivity index (χ1v) is 6.39. The fraction of sp³-hybridized carbons (Fsp3) is 0.312. The Morgan fingerprint density at radius 3 is 2.50 bits per heavy atom. The Labute approximate surface area is 108 Å². The van der Waals surface area contributed by atoms with E-state index in [-0.39, 0.29) is 11.9 Å². The van der Waals surface area contributed by atoms with Crippen molar-refractivity contribution >= 4 is 16.7 Å². The Morgan fingerprint density at radius 1 is 1.17 bits per heavy atom. The molecule has 2 heteroatoms. The summed E-state index contributed by atoms with van der Waals surface area (Å²) in [6, 6.07) is 14.2. The lowest BCUT2D eigenvalue weighted by Gasteiger charge is -2.24. The molecular weight excluding hydrogens is 222 g/mol. The molecular formula is C16H19NO. The molecule has 2 rings (SSSR count). The van der Waals surface area contributed by atoms with Gasteiger partial charge in [-0.25, -0.2) is 0 Å². The number of amides is 1. The van der Waals surface area contributed by atoms with Crippen molar-refractivity contribution in [2.45, 2.75) is 26.3 Å². The van der Waals surface area contributed by atoms with Crippen LogP contribution in [0.5, 0.6) is 0 Å². The van der Waals surface area contributed by atoms with Crippen LogP contribution in [0.15, 0.2) is 42.5 Å². The molecule has 0 aliphatic carbocycles. The van der Waals surface area contributed by atoms with E-state index >= 15 is 0 Å². The average molecular weight is 241 g/mol. The molecule has 0 saturated carbocycles.